The molecule has 0 bridgehead atoms. The maximum absolute atomic E-state index is 9.20. The summed E-state index contributed by atoms with van der Waals surface area (Å²) in [5.41, 5.74) is -0.874. The van der Waals surface area contributed by atoms with Crippen LogP contribution in [0.5, 0.6) is 0 Å². The SMILES string of the molecule is OC[C@H]1O[C@@H](S)[C@@H](O)[C@@H](O)[C@@H]1O.[NaH]. The Labute approximate surface area is 103 Å². The van der Waals surface area contributed by atoms with E-state index in [2.05, 4.69) is 12.6 Å². The van der Waals surface area contributed by atoms with Gasteiger partial charge >= 0.3 is 29.6 Å². The summed E-state index contributed by atoms with van der Waals surface area (Å²) in [4.78, 5) is 0. The second kappa shape index (κ2) is 5.89. The average Bonchev–Trinajstić information content (AvgIpc) is 2.08. The quantitative estimate of drug-likeness (QED) is 0.241. The van der Waals surface area contributed by atoms with Gasteiger partial charge in [-0.3, -0.25) is 0 Å². The van der Waals surface area contributed by atoms with E-state index in [9.17, 15) is 10.2 Å². The van der Waals surface area contributed by atoms with Gasteiger partial charge in [0.05, 0.1) is 6.61 Å². The van der Waals surface area contributed by atoms with Crippen molar-refractivity contribution in [1.29, 1.82) is 0 Å². The molecular weight excluding hydrogens is 207 g/mol. The van der Waals surface area contributed by atoms with Crippen LogP contribution < -0.4 is 0 Å². The van der Waals surface area contributed by atoms with E-state index in [0.717, 1.165) is 0 Å². The van der Waals surface area contributed by atoms with Gasteiger partial charge in [-0.2, -0.15) is 0 Å². The van der Waals surface area contributed by atoms with E-state index in [1.807, 2.05) is 0 Å². The van der Waals surface area contributed by atoms with Crippen LogP contribution >= 0.6 is 12.6 Å². The molecule has 1 rings (SSSR count). The predicted molar refractivity (Wildman–Crippen MR) is 49.9 cm³/mol. The summed E-state index contributed by atoms with van der Waals surface area (Å²) >= 11 is 3.81. The second-order valence-electron chi connectivity index (χ2n) is 2.72. The Morgan fingerprint density at radius 3 is 2.08 bits per heavy atom. The van der Waals surface area contributed by atoms with Gasteiger partial charge in [-0.25, -0.2) is 0 Å². The Morgan fingerprint density at radius 1 is 1.08 bits per heavy atom. The van der Waals surface area contributed by atoms with Gasteiger partial charge in [0.1, 0.15) is 29.9 Å². The predicted octanol–water partition coefficient (Wildman–Crippen LogP) is -2.93. The van der Waals surface area contributed by atoms with Crippen molar-refractivity contribution in [2.75, 3.05) is 6.61 Å². The summed E-state index contributed by atoms with van der Waals surface area (Å²) < 4.78 is 4.88. The third-order valence-electron chi connectivity index (χ3n) is 1.87. The van der Waals surface area contributed by atoms with Crippen LogP contribution in [0.15, 0.2) is 0 Å². The fourth-order valence-electron chi connectivity index (χ4n) is 1.08. The molecule has 0 saturated carbocycles. The zero-order chi connectivity index (χ0) is 9.30. The van der Waals surface area contributed by atoms with E-state index < -0.39 is 36.5 Å². The van der Waals surface area contributed by atoms with E-state index in [0.29, 0.717) is 0 Å². The van der Waals surface area contributed by atoms with Crippen molar-refractivity contribution in [3.63, 3.8) is 0 Å². The molecule has 1 saturated heterocycles. The standard InChI is InChI=1S/C6H12O5S.Na.H/c7-1-2-3(8)4(9)5(10)6(12)11-2;;/h2-10,12H,1H2;;/t2-,3-,4+,5+,6+;;/m1../s1. The van der Waals surface area contributed by atoms with E-state index in [1.54, 1.807) is 0 Å². The summed E-state index contributed by atoms with van der Waals surface area (Å²) in [6.45, 7) is -0.415. The molecule has 1 aliphatic rings. The van der Waals surface area contributed by atoms with Gasteiger partial charge in [-0.1, -0.05) is 0 Å². The second-order valence-corrected chi connectivity index (χ2v) is 3.23. The molecule has 0 unspecified atom stereocenters. The Balaban J connectivity index is 0.00000144. The molecule has 4 N–H and O–H groups in total. The Morgan fingerprint density at radius 2 is 1.62 bits per heavy atom. The van der Waals surface area contributed by atoms with Crippen molar-refractivity contribution in [3.05, 3.63) is 0 Å². The zero-order valence-corrected chi connectivity index (χ0v) is 7.13. The van der Waals surface area contributed by atoms with Crippen LogP contribution in [-0.4, -0.2) is 86.4 Å². The zero-order valence-electron chi connectivity index (χ0n) is 6.24. The van der Waals surface area contributed by atoms with Gasteiger partial charge < -0.3 is 25.2 Å². The molecule has 0 amide bonds. The van der Waals surface area contributed by atoms with Crippen molar-refractivity contribution in [3.8, 4) is 0 Å². The molecule has 0 aromatic rings. The first-order valence-electron chi connectivity index (χ1n) is 3.56. The van der Waals surface area contributed by atoms with E-state index in [-0.39, 0.29) is 29.6 Å². The van der Waals surface area contributed by atoms with Crippen LogP contribution in [0.3, 0.4) is 0 Å². The Hall–Kier alpha value is 1.15. The van der Waals surface area contributed by atoms with Crippen LogP contribution in [-0.2, 0) is 4.74 Å². The number of aliphatic hydroxyl groups excluding tert-OH is 4. The number of hydrogen-bond donors (Lipinski definition) is 5. The number of thiol groups is 1. The first-order valence-corrected chi connectivity index (χ1v) is 4.08. The molecule has 1 fully saturated rings. The van der Waals surface area contributed by atoms with Crippen molar-refractivity contribution >= 4 is 42.2 Å². The molecule has 7 heteroatoms. The Kier molecular flexibility index (Phi) is 6.41. The van der Waals surface area contributed by atoms with Crippen LogP contribution in [0.25, 0.3) is 0 Å². The first-order chi connectivity index (χ1) is 5.57. The number of ether oxygens (including phenoxy) is 1. The molecule has 0 aliphatic carbocycles. The van der Waals surface area contributed by atoms with Crippen LogP contribution in [0.1, 0.15) is 0 Å². The van der Waals surface area contributed by atoms with Crippen molar-refractivity contribution in [2.45, 2.75) is 29.9 Å². The van der Waals surface area contributed by atoms with Crippen molar-refractivity contribution in [1.82, 2.24) is 0 Å². The van der Waals surface area contributed by atoms with E-state index >= 15 is 0 Å². The Bertz CT molecular complexity index is 155. The van der Waals surface area contributed by atoms with Gasteiger partial charge in [-0.15, -0.1) is 12.6 Å². The fraction of sp³-hybridized carbons (Fsp3) is 1.00. The third kappa shape index (κ3) is 3.05. The monoisotopic (exact) mass is 220 g/mol. The molecule has 0 radical (unpaired) electrons. The summed E-state index contributed by atoms with van der Waals surface area (Å²) in [5, 5.41) is 36.2. The molecule has 5 nitrogen and oxygen atoms in total. The molecule has 5 atom stereocenters. The number of aliphatic hydroxyl groups is 4. The minimum atomic E-state index is -1.32. The van der Waals surface area contributed by atoms with Gasteiger partial charge in [0.2, 0.25) is 0 Å². The summed E-state index contributed by atoms with van der Waals surface area (Å²) in [6.07, 6.45) is -4.70. The van der Waals surface area contributed by atoms with Gasteiger partial charge in [-0.05, 0) is 0 Å². The van der Waals surface area contributed by atoms with E-state index in [1.165, 1.54) is 0 Å². The average molecular weight is 220 g/mol. The van der Waals surface area contributed by atoms with Gasteiger partial charge in [0, 0.05) is 0 Å². The number of rotatable bonds is 1. The van der Waals surface area contributed by atoms with Crippen LogP contribution in [0.4, 0.5) is 0 Å². The number of hydrogen-bond acceptors (Lipinski definition) is 6. The van der Waals surface area contributed by atoms with Crippen molar-refractivity contribution < 1.29 is 25.2 Å². The normalized spacial score (nSPS) is 45.5. The summed E-state index contributed by atoms with van der Waals surface area (Å²) in [6, 6.07) is 0. The molecule has 1 aliphatic heterocycles. The molecule has 1 heterocycles. The molecule has 74 valence electrons. The molecular formula is C6H13NaO5S. The maximum atomic E-state index is 9.20. The van der Waals surface area contributed by atoms with Gasteiger partial charge in [0.15, 0.2) is 0 Å². The van der Waals surface area contributed by atoms with Crippen LogP contribution in [0.2, 0.25) is 0 Å². The summed E-state index contributed by atoms with van der Waals surface area (Å²) in [5.74, 6) is 0. The van der Waals surface area contributed by atoms with Gasteiger partial charge in [0.25, 0.3) is 0 Å². The van der Waals surface area contributed by atoms with Crippen molar-refractivity contribution in [2.24, 2.45) is 0 Å². The van der Waals surface area contributed by atoms with Crippen LogP contribution in [0, 0.1) is 0 Å². The third-order valence-corrected chi connectivity index (χ3v) is 2.29. The topological polar surface area (TPSA) is 90.2 Å². The molecule has 0 aromatic carbocycles. The molecule has 0 aromatic heterocycles. The fourth-order valence-corrected chi connectivity index (χ4v) is 1.41. The molecule has 0 spiro atoms. The minimum absolute atomic E-state index is 0. The first kappa shape index (κ1) is 14.2. The van der Waals surface area contributed by atoms with E-state index in [4.69, 9.17) is 14.9 Å². The molecule has 13 heavy (non-hydrogen) atoms. The summed E-state index contributed by atoms with van der Waals surface area (Å²) in [7, 11) is 0.